The Labute approximate surface area is 132 Å². The fourth-order valence-electron chi connectivity index (χ4n) is 3.00. The van der Waals surface area contributed by atoms with Gasteiger partial charge in [-0.1, -0.05) is 0 Å². The highest BCUT2D eigenvalue weighted by molar-refractivity contribution is 5.94. The van der Waals surface area contributed by atoms with Crippen LogP contribution < -0.4 is 10.1 Å². The highest BCUT2D eigenvalue weighted by Crippen LogP contribution is 2.29. The van der Waals surface area contributed by atoms with Gasteiger partial charge in [-0.15, -0.1) is 0 Å². The zero-order chi connectivity index (χ0) is 15.4. The van der Waals surface area contributed by atoms with Gasteiger partial charge in [-0.05, 0) is 75.4 Å². The molecule has 3 rings (SSSR count). The Morgan fingerprint density at radius 1 is 1.14 bits per heavy atom. The molecule has 0 radical (unpaired) electrons. The van der Waals surface area contributed by atoms with Crippen molar-refractivity contribution in [2.24, 2.45) is 11.8 Å². The Hall–Kier alpha value is -1.55. The summed E-state index contributed by atoms with van der Waals surface area (Å²) >= 11 is 0. The normalized spacial score (nSPS) is 19.2. The molecule has 4 heteroatoms. The average molecular weight is 302 g/mol. The third-order valence-corrected chi connectivity index (χ3v) is 4.68. The van der Waals surface area contributed by atoms with Gasteiger partial charge in [0.15, 0.2) is 0 Å². The molecule has 1 aliphatic carbocycles. The number of carbonyl (C=O) groups excluding carboxylic acids is 1. The van der Waals surface area contributed by atoms with Crippen LogP contribution in [0.1, 0.15) is 36.0 Å². The van der Waals surface area contributed by atoms with Gasteiger partial charge in [-0.25, -0.2) is 0 Å². The molecule has 0 bridgehead atoms. The first-order valence-corrected chi connectivity index (χ1v) is 8.43. The number of amides is 1. The number of hydrogen-bond donors (Lipinski definition) is 1. The van der Waals surface area contributed by atoms with E-state index in [1.165, 1.54) is 12.8 Å². The maximum atomic E-state index is 12.5. The number of hydrogen-bond acceptors (Lipinski definition) is 3. The molecule has 1 N–H and O–H groups in total. The summed E-state index contributed by atoms with van der Waals surface area (Å²) in [7, 11) is 1.99. The molecular formula is C18H26N2O2. The van der Waals surface area contributed by atoms with Crippen molar-refractivity contribution in [3.63, 3.8) is 0 Å². The Balaban J connectivity index is 1.51. The van der Waals surface area contributed by atoms with Crippen LogP contribution in [-0.4, -0.2) is 44.1 Å². The van der Waals surface area contributed by atoms with Gasteiger partial charge in [-0.3, -0.25) is 4.79 Å². The standard InChI is InChI=1S/C18H26N2O2/c1-19-12-14-8-10-20(11-9-14)18(21)16-4-6-17(7-5-16)22-13-15-2-3-15/h4-7,14-15,19H,2-3,8-13H2,1H3. The van der Waals surface area contributed by atoms with E-state index in [1.807, 2.05) is 36.2 Å². The van der Waals surface area contributed by atoms with Crippen molar-refractivity contribution in [2.45, 2.75) is 25.7 Å². The van der Waals surface area contributed by atoms with Gasteiger partial charge in [0.1, 0.15) is 5.75 Å². The van der Waals surface area contributed by atoms with Gasteiger partial charge in [0.05, 0.1) is 6.61 Å². The molecule has 1 amide bonds. The predicted molar refractivity (Wildman–Crippen MR) is 87.2 cm³/mol. The summed E-state index contributed by atoms with van der Waals surface area (Å²) in [5.41, 5.74) is 0.769. The fraction of sp³-hybridized carbons (Fsp3) is 0.611. The van der Waals surface area contributed by atoms with Crippen LogP contribution in [0.5, 0.6) is 5.75 Å². The van der Waals surface area contributed by atoms with Crippen LogP contribution in [0.25, 0.3) is 0 Å². The monoisotopic (exact) mass is 302 g/mol. The van der Waals surface area contributed by atoms with Crippen LogP contribution in [0.15, 0.2) is 24.3 Å². The Kier molecular flexibility index (Phi) is 4.98. The van der Waals surface area contributed by atoms with Crippen LogP contribution in [0.3, 0.4) is 0 Å². The first kappa shape index (κ1) is 15.3. The zero-order valence-electron chi connectivity index (χ0n) is 13.4. The lowest BCUT2D eigenvalue weighted by Gasteiger charge is -2.32. The smallest absolute Gasteiger partial charge is 0.253 e. The second-order valence-electron chi connectivity index (χ2n) is 6.57. The van der Waals surface area contributed by atoms with Gasteiger partial charge in [0, 0.05) is 18.7 Å². The molecule has 1 aliphatic heterocycles. The highest BCUT2D eigenvalue weighted by Gasteiger charge is 2.24. The van der Waals surface area contributed by atoms with E-state index in [1.54, 1.807) is 0 Å². The summed E-state index contributed by atoms with van der Waals surface area (Å²) in [6.07, 6.45) is 4.77. The fourth-order valence-corrected chi connectivity index (χ4v) is 3.00. The molecule has 1 aromatic rings. The van der Waals surface area contributed by atoms with Gasteiger partial charge < -0.3 is 15.0 Å². The quantitative estimate of drug-likeness (QED) is 0.878. The van der Waals surface area contributed by atoms with Crippen LogP contribution in [0.2, 0.25) is 0 Å². The summed E-state index contributed by atoms with van der Waals surface area (Å²) < 4.78 is 5.72. The molecule has 0 spiro atoms. The maximum Gasteiger partial charge on any atom is 0.253 e. The molecule has 1 saturated carbocycles. The molecule has 1 aromatic carbocycles. The minimum Gasteiger partial charge on any atom is -0.493 e. The molecular weight excluding hydrogens is 276 g/mol. The van der Waals surface area contributed by atoms with Gasteiger partial charge in [-0.2, -0.15) is 0 Å². The lowest BCUT2D eigenvalue weighted by atomic mass is 9.96. The van der Waals surface area contributed by atoms with E-state index >= 15 is 0 Å². The first-order chi connectivity index (χ1) is 10.8. The van der Waals surface area contributed by atoms with Gasteiger partial charge in [0.2, 0.25) is 0 Å². The lowest BCUT2D eigenvalue weighted by Crippen LogP contribution is -2.40. The largest absolute Gasteiger partial charge is 0.493 e. The highest BCUT2D eigenvalue weighted by atomic mass is 16.5. The number of rotatable bonds is 6. The topological polar surface area (TPSA) is 41.6 Å². The number of carbonyl (C=O) groups is 1. The van der Waals surface area contributed by atoms with E-state index < -0.39 is 0 Å². The third-order valence-electron chi connectivity index (χ3n) is 4.68. The number of ether oxygens (including phenoxy) is 1. The van der Waals surface area contributed by atoms with Crippen LogP contribution in [-0.2, 0) is 0 Å². The van der Waals surface area contributed by atoms with E-state index in [2.05, 4.69) is 5.32 Å². The molecule has 0 atom stereocenters. The van der Waals surface area contributed by atoms with Crippen molar-refractivity contribution < 1.29 is 9.53 Å². The molecule has 0 unspecified atom stereocenters. The molecule has 120 valence electrons. The summed E-state index contributed by atoms with van der Waals surface area (Å²) in [4.78, 5) is 14.5. The second-order valence-corrected chi connectivity index (χ2v) is 6.57. The van der Waals surface area contributed by atoms with Crippen molar-refractivity contribution in [1.29, 1.82) is 0 Å². The molecule has 2 aliphatic rings. The van der Waals surface area contributed by atoms with Crippen molar-refractivity contribution in [1.82, 2.24) is 10.2 Å². The minimum atomic E-state index is 0.150. The number of piperidine rings is 1. The molecule has 1 heterocycles. The molecule has 0 aromatic heterocycles. The lowest BCUT2D eigenvalue weighted by molar-refractivity contribution is 0.0691. The second kappa shape index (κ2) is 7.14. The summed E-state index contributed by atoms with van der Waals surface area (Å²) in [5, 5.41) is 3.23. The van der Waals surface area contributed by atoms with E-state index in [9.17, 15) is 4.79 Å². The predicted octanol–water partition coefficient (Wildman–Crippen LogP) is 2.55. The van der Waals surface area contributed by atoms with Crippen molar-refractivity contribution in [3.8, 4) is 5.75 Å². The summed E-state index contributed by atoms with van der Waals surface area (Å²) in [6.45, 7) is 3.59. The zero-order valence-corrected chi connectivity index (χ0v) is 13.4. The van der Waals surface area contributed by atoms with E-state index in [4.69, 9.17) is 4.74 Å². The number of benzene rings is 1. The Morgan fingerprint density at radius 2 is 1.82 bits per heavy atom. The number of nitrogens with zero attached hydrogens (tertiary/aromatic N) is 1. The first-order valence-electron chi connectivity index (χ1n) is 8.43. The van der Waals surface area contributed by atoms with Crippen LogP contribution >= 0.6 is 0 Å². The summed E-state index contributed by atoms with van der Waals surface area (Å²) in [6, 6.07) is 7.63. The van der Waals surface area contributed by atoms with E-state index in [0.29, 0.717) is 5.92 Å². The van der Waals surface area contributed by atoms with Gasteiger partial charge >= 0.3 is 0 Å². The molecule has 2 fully saturated rings. The molecule has 1 saturated heterocycles. The maximum absolute atomic E-state index is 12.5. The van der Waals surface area contributed by atoms with Crippen LogP contribution in [0, 0.1) is 11.8 Å². The Morgan fingerprint density at radius 3 is 2.41 bits per heavy atom. The van der Waals surface area contributed by atoms with E-state index in [-0.39, 0.29) is 5.91 Å². The van der Waals surface area contributed by atoms with Crippen molar-refractivity contribution in [3.05, 3.63) is 29.8 Å². The molecule has 4 nitrogen and oxygen atoms in total. The molecule has 22 heavy (non-hydrogen) atoms. The van der Waals surface area contributed by atoms with Gasteiger partial charge in [0.25, 0.3) is 5.91 Å². The van der Waals surface area contributed by atoms with Crippen LogP contribution in [0.4, 0.5) is 0 Å². The number of likely N-dealkylation sites (tertiary alicyclic amines) is 1. The summed E-state index contributed by atoms with van der Waals surface area (Å²) in [5.74, 6) is 2.47. The van der Waals surface area contributed by atoms with Crippen molar-refractivity contribution in [2.75, 3.05) is 33.3 Å². The SMILES string of the molecule is CNCC1CCN(C(=O)c2ccc(OCC3CC3)cc2)CC1. The number of nitrogens with one attached hydrogen (secondary N) is 1. The average Bonchev–Trinajstić information content (AvgIpc) is 3.38. The minimum absolute atomic E-state index is 0.150. The third kappa shape index (κ3) is 4.01. The van der Waals surface area contributed by atoms with E-state index in [0.717, 1.165) is 56.3 Å². The Bertz CT molecular complexity index is 488. The van der Waals surface area contributed by atoms with Crippen molar-refractivity contribution >= 4 is 5.91 Å².